The second kappa shape index (κ2) is 5.23. The Labute approximate surface area is 98.9 Å². The first-order chi connectivity index (χ1) is 7.02. The number of nitrogens with two attached hydrogens (primary N) is 1. The van der Waals surface area contributed by atoms with Crippen LogP contribution >= 0.6 is 23.6 Å². The van der Waals surface area contributed by atoms with E-state index in [9.17, 15) is 4.79 Å². The highest BCUT2D eigenvalue weighted by Crippen LogP contribution is 2.11. The topological polar surface area (TPSA) is 46.3 Å². The third-order valence-electron chi connectivity index (χ3n) is 2.29. The Morgan fingerprint density at radius 1 is 1.73 bits per heavy atom. The van der Waals surface area contributed by atoms with Crippen molar-refractivity contribution in [3.05, 3.63) is 22.4 Å². The minimum atomic E-state index is -0.188. The molecule has 82 valence electrons. The van der Waals surface area contributed by atoms with Gasteiger partial charge in [-0.05, 0) is 18.4 Å². The van der Waals surface area contributed by atoms with Crippen molar-refractivity contribution in [2.75, 3.05) is 7.05 Å². The molecule has 15 heavy (non-hydrogen) atoms. The van der Waals surface area contributed by atoms with E-state index in [2.05, 4.69) is 0 Å². The third-order valence-corrected chi connectivity index (χ3v) is 3.51. The fourth-order valence-corrected chi connectivity index (χ4v) is 1.95. The van der Waals surface area contributed by atoms with Gasteiger partial charge in [0, 0.05) is 11.9 Å². The molecule has 0 saturated carbocycles. The maximum absolute atomic E-state index is 11.8. The van der Waals surface area contributed by atoms with Gasteiger partial charge in [0.25, 0.3) is 0 Å². The molecule has 0 saturated heterocycles. The fourth-order valence-electron chi connectivity index (χ4n) is 1.09. The summed E-state index contributed by atoms with van der Waals surface area (Å²) in [7, 11) is 1.72. The van der Waals surface area contributed by atoms with Crippen molar-refractivity contribution in [2.24, 2.45) is 5.73 Å². The van der Waals surface area contributed by atoms with Gasteiger partial charge in [-0.2, -0.15) is 0 Å². The predicted molar refractivity (Wildman–Crippen MR) is 67.0 cm³/mol. The first kappa shape index (κ1) is 12.1. The third kappa shape index (κ3) is 3.28. The SMILES string of the molecule is CC(C(N)=S)N(C)C(=O)Cc1cccs1. The lowest BCUT2D eigenvalue weighted by Gasteiger charge is -2.23. The number of hydrogen-bond donors (Lipinski definition) is 1. The first-order valence-electron chi connectivity index (χ1n) is 4.59. The van der Waals surface area contributed by atoms with Crippen LogP contribution in [0.15, 0.2) is 17.5 Å². The molecule has 0 aliphatic heterocycles. The zero-order chi connectivity index (χ0) is 11.4. The normalized spacial score (nSPS) is 12.1. The van der Waals surface area contributed by atoms with Gasteiger partial charge in [0.2, 0.25) is 5.91 Å². The van der Waals surface area contributed by atoms with E-state index in [1.165, 1.54) is 0 Å². The number of carbonyl (C=O) groups excluding carboxylic acids is 1. The van der Waals surface area contributed by atoms with Gasteiger partial charge in [0.05, 0.1) is 17.5 Å². The highest BCUT2D eigenvalue weighted by molar-refractivity contribution is 7.80. The second-order valence-corrected chi connectivity index (χ2v) is 4.84. The van der Waals surface area contributed by atoms with E-state index in [4.69, 9.17) is 18.0 Å². The molecule has 0 radical (unpaired) electrons. The lowest BCUT2D eigenvalue weighted by atomic mass is 10.2. The van der Waals surface area contributed by atoms with Crippen LogP contribution in [0.1, 0.15) is 11.8 Å². The number of amides is 1. The lowest BCUT2D eigenvalue weighted by molar-refractivity contribution is -0.129. The molecule has 5 heteroatoms. The van der Waals surface area contributed by atoms with E-state index in [1.807, 2.05) is 24.4 Å². The van der Waals surface area contributed by atoms with Gasteiger partial charge in [-0.15, -0.1) is 11.3 Å². The molecule has 3 nitrogen and oxygen atoms in total. The Bertz CT molecular complexity index is 348. The van der Waals surface area contributed by atoms with Crippen LogP contribution in [0.5, 0.6) is 0 Å². The number of carbonyl (C=O) groups is 1. The molecule has 0 aliphatic carbocycles. The second-order valence-electron chi connectivity index (χ2n) is 3.34. The van der Waals surface area contributed by atoms with Gasteiger partial charge in [-0.1, -0.05) is 18.3 Å². The van der Waals surface area contributed by atoms with Crippen molar-refractivity contribution >= 4 is 34.5 Å². The number of thiophene rings is 1. The van der Waals surface area contributed by atoms with E-state index in [-0.39, 0.29) is 11.9 Å². The molecule has 0 fully saturated rings. The van der Waals surface area contributed by atoms with E-state index in [0.717, 1.165) is 4.88 Å². The first-order valence-corrected chi connectivity index (χ1v) is 5.88. The highest BCUT2D eigenvalue weighted by atomic mass is 32.1. The van der Waals surface area contributed by atoms with Gasteiger partial charge < -0.3 is 10.6 Å². The van der Waals surface area contributed by atoms with Crippen LogP contribution in [0.2, 0.25) is 0 Å². The zero-order valence-corrected chi connectivity index (χ0v) is 10.4. The van der Waals surface area contributed by atoms with Crippen LogP contribution < -0.4 is 5.73 Å². The van der Waals surface area contributed by atoms with Gasteiger partial charge in [-0.25, -0.2) is 0 Å². The van der Waals surface area contributed by atoms with Crippen molar-refractivity contribution in [1.29, 1.82) is 0 Å². The molecular weight excluding hydrogens is 228 g/mol. The summed E-state index contributed by atoms with van der Waals surface area (Å²) in [4.78, 5) is 14.8. The van der Waals surface area contributed by atoms with Crippen molar-refractivity contribution in [3.63, 3.8) is 0 Å². The number of rotatable bonds is 4. The molecular formula is C10H14N2OS2. The Kier molecular flexibility index (Phi) is 4.23. The van der Waals surface area contributed by atoms with Gasteiger partial charge in [0.15, 0.2) is 0 Å². The summed E-state index contributed by atoms with van der Waals surface area (Å²) in [6.07, 6.45) is 0.418. The largest absolute Gasteiger partial charge is 0.392 e. The molecule has 1 amide bonds. The molecule has 0 bridgehead atoms. The summed E-state index contributed by atoms with van der Waals surface area (Å²) in [5.41, 5.74) is 5.49. The summed E-state index contributed by atoms with van der Waals surface area (Å²) in [5, 5.41) is 1.96. The molecule has 0 spiro atoms. The number of thiocarbonyl (C=S) groups is 1. The molecule has 1 rings (SSSR count). The number of nitrogens with zero attached hydrogens (tertiary/aromatic N) is 1. The summed E-state index contributed by atoms with van der Waals surface area (Å²) in [6.45, 7) is 1.83. The van der Waals surface area contributed by atoms with Crippen molar-refractivity contribution in [2.45, 2.75) is 19.4 Å². The minimum Gasteiger partial charge on any atom is -0.392 e. The molecule has 0 aliphatic rings. The Morgan fingerprint density at radius 3 is 2.87 bits per heavy atom. The highest BCUT2D eigenvalue weighted by Gasteiger charge is 2.17. The maximum Gasteiger partial charge on any atom is 0.228 e. The molecule has 1 aromatic heterocycles. The van der Waals surface area contributed by atoms with Crippen LogP contribution in [0.25, 0.3) is 0 Å². The monoisotopic (exact) mass is 242 g/mol. The average Bonchev–Trinajstić information content (AvgIpc) is 2.67. The van der Waals surface area contributed by atoms with Crippen LogP contribution in [-0.4, -0.2) is 28.9 Å². The molecule has 1 unspecified atom stereocenters. The Hall–Kier alpha value is -0.940. The minimum absolute atomic E-state index is 0.0396. The number of hydrogen-bond acceptors (Lipinski definition) is 3. The zero-order valence-electron chi connectivity index (χ0n) is 8.77. The molecule has 2 N–H and O–H groups in total. The van der Waals surface area contributed by atoms with Gasteiger partial charge >= 0.3 is 0 Å². The van der Waals surface area contributed by atoms with Crippen molar-refractivity contribution < 1.29 is 4.79 Å². The predicted octanol–water partition coefficient (Wildman–Crippen LogP) is 1.42. The smallest absolute Gasteiger partial charge is 0.228 e. The van der Waals surface area contributed by atoms with Crippen LogP contribution in [0.3, 0.4) is 0 Å². The lowest BCUT2D eigenvalue weighted by Crippen LogP contribution is -2.43. The fraction of sp³-hybridized carbons (Fsp3) is 0.400. The Morgan fingerprint density at radius 2 is 2.40 bits per heavy atom. The standard InChI is InChI=1S/C10H14N2OS2/c1-7(10(11)14)12(2)9(13)6-8-4-3-5-15-8/h3-5,7H,6H2,1-2H3,(H2,11,14). The summed E-state index contributed by atoms with van der Waals surface area (Å²) >= 11 is 6.43. The number of likely N-dealkylation sites (N-methyl/N-ethyl adjacent to an activating group) is 1. The van der Waals surface area contributed by atoms with Crippen LogP contribution in [0, 0.1) is 0 Å². The van der Waals surface area contributed by atoms with E-state index < -0.39 is 0 Å². The molecule has 1 heterocycles. The van der Waals surface area contributed by atoms with E-state index >= 15 is 0 Å². The van der Waals surface area contributed by atoms with E-state index in [1.54, 1.807) is 23.3 Å². The van der Waals surface area contributed by atoms with Crippen molar-refractivity contribution in [1.82, 2.24) is 4.90 Å². The van der Waals surface area contributed by atoms with Gasteiger partial charge in [-0.3, -0.25) is 4.79 Å². The quantitative estimate of drug-likeness (QED) is 0.812. The van der Waals surface area contributed by atoms with Crippen LogP contribution in [-0.2, 0) is 11.2 Å². The van der Waals surface area contributed by atoms with Gasteiger partial charge in [0.1, 0.15) is 0 Å². The van der Waals surface area contributed by atoms with E-state index in [0.29, 0.717) is 11.4 Å². The molecule has 1 atom stereocenters. The van der Waals surface area contributed by atoms with Crippen molar-refractivity contribution in [3.8, 4) is 0 Å². The summed E-state index contributed by atoms with van der Waals surface area (Å²) in [5.74, 6) is 0.0396. The Balaban J connectivity index is 2.57. The molecule has 0 aromatic carbocycles. The summed E-state index contributed by atoms with van der Waals surface area (Å²) < 4.78 is 0. The van der Waals surface area contributed by atoms with Crippen LogP contribution in [0.4, 0.5) is 0 Å². The maximum atomic E-state index is 11.8. The average molecular weight is 242 g/mol. The summed E-state index contributed by atoms with van der Waals surface area (Å²) in [6, 6.07) is 3.69. The molecule has 1 aromatic rings.